The fraction of sp³-hybridized carbons (Fsp3) is 0.650. The lowest BCUT2D eigenvalue weighted by molar-refractivity contribution is -0.146. The van der Waals surface area contributed by atoms with Crippen LogP contribution in [0.15, 0.2) is 30.3 Å². The van der Waals surface area contributed by atoms with E-state index in [4.69, 9.17) is 4.74 Å². The molecule has 1 atom stereocenters. The number of carbonyl (C=O) groups excluding carboxylic acids is 1. The molecular weight excluding hydrogens is 364 g/mol. The molecule has 1 aromatic rings. The number of hydrogen-bond donors (Lipinski definition) is 0. The molecule has 6 nitrogen and oxygen atoms in total. The molecule has 0 saturated carbocycles. The summed E-state index contributed by atoms with van der Waals surface area (Å²) in [6.07, 6.45) is 5.14. The Kier molecular flexibility index (Phi) is 6.89. The van der Waals surface area contributed by atoms with Gasteiger partial charge < -0.3 is 4.74 Å². The lowest BCUT2D eigenvalue weighted by atomic mass is 9.91. The van der Waals surface area contributed by atoms with Crippen LogP contribution in [0.25, 0.3) is 0 Å². The molecule has 0 bridgehead atoms. The topological polar surface area (TPSA) is 66.9 Å². The van der Waals surface area contributed by atoms with Crippen molar-refractivity contribution in [1.82, 2.24) is 8.61 Å². The van der Waals surface area contributed by atoms with Gasteiger partial charge in [0.25, 0.3) is 10.2 Å². The molecule has 7 heteroatoms. The van der Waals surface area contributed by atoms with Gasteiger partial charge in [0.05, 0.1) is 6.61 Å². The number of nitrogens with zero attached hydrogens (tertiary/aromatic N) is 2. The molecule has 2 fully saturated rings. The van der Waals surface area contributed by atoms with Crippen molar-refractivity contribution in [1.29, 1.82) is 0 Å². The first-order chi connectivity index (χ1) is 13.0. The molecule has 1 aromatic carbocycles. The first-order valence-corrected chi connectivity index (χ1v) is 11.4. The molecule has 0 amide bonds. The molecule has 3 rings (SSSR count). The average molecular weight is 395 g/mol. The Morgan fingerprint density at radius 3 is 2.48 bits per heavy atom. The Hall–Kier alpha value is -1.44. The van der Waals surface area contributed by atoms with Gasteiger partial charge in [-0.1, -0.05) is 30.3 Å². The summed E-state index contributed by atoms with van der Waals surface area (Å²) in [7, 11) is -3.60. The van der Waals surface area contributed by atoms with Gasteiger partial charge in [0.1, 0.15) is 6.04 Å². The van der Waals surface area contributed by atoms with Gasteiger partial charge in [-0.3, -0.25) is 4.79 Å². The van der Waals surface area contributed by atoms with Crippen LogP contribution >= 0.6 is 0 Å². The quantitative estimate of drug-likeness (QED) is 0.667. The molecule has 2 saturated heterocycles. The fourth-order valence-electron chi connectivity index (χ4n) is 4.08. The number of carbonyl (C=O) groups is 1. The lowest BCUT2D eigenvalue weighted by Gasteiger charge is -2.35. The molecule has 0 spiro atoms. The highest BCUT2D eigenvalue weighted by Crippen LogP contribution is 2.29. The largest absolute Gasteiger partial charge is 0.465 e. The molecule has 2 heterocycles. The number of esters is 1. The van der Waals surface area contributed by atoms with E-state index in [9.17, 15) is 13.2 Å². The molecule has 150 valence electrons. The molecule has 0 unspecified atom stereocenters. The second-order valence-corrected chi connectivity index (χ2v) is 9.28. The highest BCUT2D eigenvalue weighted by atomic mass is 32.2. The maximum absolute atomic E-state index is 13.0. The van der Waals surface area contributed by atoms with Gasteiger partial charge in [-0.25, -0.2) is 0 Å². The van der Waals surface area contributed by atoms with Gasteiger partial charge in [0, 0.05) is 19.6 Å². The van der Waals surface area contributed by atoms with Gasteiger partial charge in [0.15, 0.2) is 0 Å². The van der Waals surface area contributed by atoms with E-state index in [-0.39, 0.29) is 6.61 Å². The van der Waals surface area contributed by atoms with Crippen molar-refractivity contribution >= 4 is 16.2 Å². The Bertz CT molecular complexity index is 715. The van der Waals surface area contributed by atoms with Crippen molar-refractivity contribution < 1.29 is 17.9 Å². The first kappa shape index (κ1) is 20.3. The zero-order chi connectivity index (χ0) is 19.3. The average Bonchev–Trinajstić information content (AvgIpc) is 3.19. The summed E-state index contributed by atoms with van der Waals surface area (Å²) in [5.74, 6) is 0.132. The summed E-state index contributed by atoms with van der Waals surface area (Å²) in [6.45, 7) is 3.49. The first-order valence-electron chi connectivity index (χ1n) is 10.00. The minimum Gasteiger partial charge on any atom is -0.465 e. The number of rotatable bonds is 7. The second kappa shape index (κ2) is 9.17. The minimum absolute atomic E-state index is 0.274. The predicted molar refractivity (Wildman–Crippen MR) is 104 cm³/mol. The number of hydrogen-bond acceptors (Lipinski definition) is 4. The number of ether oxygens (including phenoxy) is 1. The molecule has 27 heavy (non-hydrogen) atoms. The second-order valence-electron chi connectivity index (χ2n) is 7.40. The molecule has 0 radical (unpaired) electrons. The van der Waals surface area contributed by atoms with Crippen molar-refractivity contribution in [3.05, 3.63) is 35.9 Å². The summed E-state index contributed by atoms with van der Waals surface area (Å²) in [5.41, 5.74) is 1.34. The molecule has 0 N–H and O–H groups in total. The Labute approximate surface area is 162 Å². The van der Waals surface area contributed by atoms with Crippen LogP contribution < -0.4 is 0 Å². The highest BCUT2D eigenvalue weighted by molar-refractivity contribution is 7.86. The van der Waals surface area contributed by atoms with Gasteiger partial charge >= 0.3 is 5.97 Å². The summed E-state index contributed by atoms with van der Waals surface area (Å²) in [4.78, 5) is 12.1. The Morgan fingerprint density at radius 1 is 1.11 bits per heavy atom. The Morgan fingerprint density at radius 2 is 1.81 bits per heavy atom. The highest BCUT2D eigenvalue weighted by Gasteiger charge is 2.43. The number of benzene rings is 1. The normalized spacial score (nSPS) is 22.8. The van der Waals surface area contributed by atoms with Crippen LogP contribution in [0.4, 0.5) is 0 Å². The molecule has 0 aliphatic carbocycles. The molecule has 2 aliphatic rings. The molecule has 2 aliphatic heterocycles. The monoisotopic (exact) mass is 394 g/mol. The summed E-state index contributed by atoms with van der Waals surface area (Å²) in [6, 6.07) is 9.76. The van der Waals surface area contributed by atoms with Gasteiger partial charge in [0.2, 0.25) is 0 Å². The molecule has 0 aromatic heterocycles. The maximum atomic E-state index is 13.0. The van der Waals surface area contributed by atoms with Crippen molar-refractivity contribution in [3.8, 4) is 0 Å². The van der Waals surface area contributed by atoms with Crippen molar-refractivity contribution in [3.63, 3.8) is 0 Å². The third kappa shape index (κ3) is 4.89. The van der Waals surface area contributed by atoms with Crippen LogP contribution in [0.3, 0.4) is 0 Å². The van der Waals surface area contributed by atoms with Gasteiger partial charge in [-0.15, -0.1) is 0 Å². The van der Waals surface area contributed by atoms with Gasteiger partial charge in [-0.2, -0.15) is 17.0 Å². The van der Waals surface area contributed by atoms with Crippen LogP contribution in [-0.4, -0.2) is 55.3 Å². The van der Waals surface area contributed by atoms with E-state index in [0.29, 0.717) is 38.4 Å². The van der Waals surface area contributed by atoms with E-state index in [0.717, 1.165) is 25.7 Å². The third-order valence-corrected chi connectivity index (χ3v) is 7.69. The fourth-order valence-corrected chi connectivity index (χ4v) is 5.92. The van der Waals surface area contributed by atoms with Crippen molar-refractivity contribution in [2.75, 3.05) is 26.2 Å². The van der Waals surface area contributed by atoms with Crippen molar-refractivity contribution in [2.45, 2.75) is 51.5 Å². The van der Waals surface area contributed by atoms with Crippen molar-refractivity contribution in [2.24, 2.45) is 5.92 Å². The van der Waals surface area contributed by atoms with E-state index in [1.807, 2.05) is 6.07 Å². The van der Waals surface area contributed by atoms with E-state index < -0.39 is 22.2 Å². The zero-order valence-electron chi connectivity index (χ0n) is 16.0. The van der Waals surface area contributed by atoms with Crippen LogP contribution in [0.2, 0.25) is 0 Å². The number of aryl methyl sites for hydroxylation is 1. The standard InChI is InChI=1S/C20H30N2O4S/c1-2-26-20(23)19-9-6-14-22(19)27(24,25)21-15-12-18(13-16-21)11-10-17-7-4-3-5-8-17/h3-5,7-8,18-19H,2,6,9-16H2,1H3/t19-/m0/s1. The van der Waals surface area contributed by atoms with Crippen LogP contribution in [0.1, 0.15) is 44.6 Å². The smallest absolute Gasteiger partial charge is 0.324 e. The number of piperidine rings is 1. The van der Waals surface area contributed by atoms with Crippen LogP contribution in [-0.2, 0) is 26.2 Å². The van der Waals surface area contributed by atoms with E-state index in [1.165, 1.54) is 9.87 Å². The molecular formula is C20H30N2O4S. The minimum atomic E-state index is -3.60. The Balaban J connectivity index is 1.54. The summed E-state index contributed by atoms with van der Waals surface area (Å²) >= 11 is 0. The summed E-state index contributed by atoms with van der Waals surface area (Å²) < 4.78 is 34.1. The van der Waals surface area contributed by atoms with Crippen LogP contribution in [0, 0.1) is 5.92 Å². The third-order valence-electron chi connectivity index (χ3n) is 5.64. The zero-order valence-corrected chi connectivity index (χ0v) is 16.9. The van der Waals surface area contributed by atoms with Crippen LogP contribution in [0.5, 0.6) is 0 Å². The maximum Gasteiger partial charge on any atom is 0.324 e. The van der Waals surface area contributed by atoms with E-state index >= 15 is 0 Å². The summed E-state index contributed by atoms with van der Waals surface area (Å²) in [5, 5.41) is 0. The van der Waals surface area contributed by atoms with Gasteiger partial charge in [-0.05, 0) is 56.9 Å². The lowest BCUT2D eigenvalue weighted by Crippen LogP contribution is -2.50. The van der Waals surface area contributed by atoms with E-state index in [1.54, 1.807) is 11.2 Å². The predicted octanol–water partition coefficient (Wildman–Crippen LogP) is 2.60. The van der Waals surface area contributed by atoms with E-state index in [2.05, 4.69) is 24.3 Å². The SMILES string of the molecule is CCOC(=O)[C@@H]1CCCN1S(=O)(=O)N1CCC(CCc2ccccc2)CC1.